The van der Waals surface area contributed by atoms with Crippen molar-refractivity contribution in [2.45, 2.75) is 19.3 Å². The van der Waals surface area contributed by atoms with E-state index in [4.69, 9.17) is 0 Å². The number of halogens is 3. The number of nitrogens with zero attached hydrogens (tertiary/aromatic N) is 1. The van der Waals surface area contributed by atoms with E-state index in [0.717, 1.165) is 38.4 Å². The Labute approximate surface area is 129 Å². The van der Waals surface area contributed by atoms with Gasteiger partial charge in [-0.2, -0.15) is 0 Å². The summed E-state index contributed by atoms with van der Waals surface area (Å²) in [5.74, 6) is -2.41. The number of hydrogen-bond donors (Lipinski definition) is 1. The monoisotopic (exact) mass is 316 g/mol. The molecule has 3 rings (SSSR count). The molecule has 0 bridgehead atoms. The van der Waals surface area contributed by atoms with Crippen molar-refractivity contribution < 1.29 is 13.6 Å². The standard InChI is InChI=1S/C15H18F2N2O.ClH/c16-12-3-1-2-11(13(12)17)14(20)19-8-5-15(6-9-19)4-7-18-10-15;/h1-3,18H,4-10H2;1H. The second-order valence-corrected chi connectivity index (χ2v) is 5.82. The van der Waals surface area contributed by atoms with Crippen LogP contribution in [0.3, 0.4) is 0 Å². The maximum Gasteiger partial charge on any atom is 0.256 e. The number of rotatable bonds is 1. The topological polar surface area (TPSA) is 32.3 Å². The van der Waals surface area contributed by atoms with Crippen molar-refractivity contribution in [1.29, 1.82) is 0 Å². The van der Waals surface area contributed by atoms with Crippen LogP contribution in [0.25, 0.3) is 0 Å². The van der Waals surface area contributed by atoms with Gasteiger partial charge in [-0.15, -0.1) is 12.4 Å². The van der Waals surface area contributed by atoms with E-state index in [1.807, 2.05) is 0 Å². The van der Waals surface area contributed by atoms with E-state index < -0.39 is 17.5 Å². The number of carbonyl (C=O) groups is 1. The van der Waals surface area contributed by atoms with Gasteiger partial charge in [-0.3, -0.25) is 4.79 Å². The lowest BCUT2D eigenvalue weighted by Crippen LogP contribution is -2.44. The summed E-state index contributed by atoms with van der Waals surface area (Å²) in [4.78, 5) is 13.9. The van der Waals surface area contributed by atoms with E-state index in [0.29, 0.717) is 18.5 Å². The predicted octanol–water partition coefficient (Wildman–Crippen LogP) is 2.60. The van der Waals surface area contributed by atoms with Crippen molar-refractivity contribution in [2.24, 2.45) is 5.41 Å². The van der Waals surface area contributed by atoms with Crippen LogP contribution in [0, 0.1) is 17.0 Å². The Kier molecular flexibility index (Phi) is 4.84. The molecule has 0 radical (unpaired) electrons. The minimum absolute atomic E-state index is 0. The molecule has 0 aromatic heterocycles. The van der Waals surface area contributed by atoms with Crippen LogP contribution in [-0.2, 0) is 0 Å². The van der Waals surface area contributed by atoms with Crippen LogP contribution in [0.5, 0.6) is 0 Å². The second-order valence-electron chi connectivity index (χ2n) is 5.82. The number of piperidine rings is 1. The third kappa shape index (κ3) is 3.04. The Morgan fingerprint density at radius 1 is 1.19 bits per heavy atom. The number of carbonyl (C=O) groups excluding carboxylic acids is 1. The summed E-state index contributed by atoms with van der Waals surface area (Å²) >= 11 is 0. The molecule has 6 heteroatoms. The molecular weight excluding hydrogens is 298 g/mol. The van der Waals surface area contributed by atoms with Gasteiger partial charge in [0.15, 0.2) is 11.6 Å². The van der Waals surface area contributed by atoms with Gasteiger partial charge in [0.1, 0.15) is 0 Å². The molecule has 0 atom stereocenters. The Morgan fingerprint density at radius 3 is 2.52 bits per heavy atom. The van der Waals surface area contributed by atoms with Crippen molar-refractivity contribution in [2.75, 3.05) is 26.2 Å². The maximum atomic E-state index is 13.7. The fourth-order valence-corrected chi connectivity index (χ4v) is 3.25. The molecule has 0 unspecified atom stereocenters. The third-order valence-corrected chi connectivity index (χ3v) is 4.63. The molecule has 2 saturated heterocycles. The number of hydrogen-bond acceptors (Lipinski definition) is 2. The van der Waals surface area contributed by atoms with Crippen LogP contribution >= 0.6 is 12.4 Å². The molecule has 0 aliphatic carbocycles. The number of nitrogens with one attached hydrogen (secondary N) is 1. The summed E-state index contributed by atoms with van der Waals surface area (Å²) in [6, 6.07) is 3.75. The van der Waals surface area contributed by atoms with Gasteiger partial charge < -0.3 is 10.2 Å². The Balaban J connectivity index is 0.00000161. The van der Waals surface area contributed by atoms with Gasteiger partial charge in [0.2, 0.25) is 0 Å². The van der Waals surface area contributed by atoms with Crippen molar-refractivity contribution in [3.05, 3.63) is 35.4 Å². The van der Waals surface area contributed by atoms with Gasteiger partial charge in [0.25, 0.3) is 5.91 Å². The van der Waals surface area contributed by atoms with E-state index in [1.54, 1.807) is 4.90 Å². The first-order valence-corrected chi connectivity index (χ1v) is 7.05. The van der Waals surface area contributed by atoms with E-state index in [-0.39, 0.29) is 18.0 Å². The smallest absolute Gasteiger partial charge is 0.256 e. The van der Waals surface area contributed by atoms with E-state index in [9.17, 15) is 13.6 Å². The van der Waals surface area contributed by atoms with Crippen LogP contribution in [0.4, 0.5) is 8.78 Å². The molecule has 2 aliphatic rings. The molecule has 1 aromatic rings. The van der Waals surface area contributed by atoms with Gasteiger partial charge in [0.05, 0.1) is 5.56 Å². The lowest BCUT2D eigenvalue weighted by molar-refractivity contribution is 0.0602. The zero-order chi connectivity index (χ0) is 14.2. The van der Waals surface area contributed by atoms with Gasteiger partial charge in [-0.1, -0.05) is 6.07 Å². The molecule has 2 fully saturated rings. The van der Waals surface area contributed by atoms with Gasteiger partial charge in [-0.25, -0.2) is 8.78 Å². The summed E-state index contributed by atoms with van der Waals surface area (Å²) in [7, 11) is 0. The van der Waals surface area contributed by atoms with Crippen LogP contribution in [0.15, 0.2) is 18.2 Å². The molecule has 2 heterocycles. The second kappa shape index (κ2) is 6.28. The van der Waals surface area contributed by atoms with Gasteiger partial charge in [0, 0.05) is 19.6 Å². The molecule has 0 saturated carbocycles. The van der Waals surface area contributed by atoms with Crippen molar-refractivity contribution >= 4 is 18.3 Å². The number of benzene rings is 1. The lowest BCUT2D eigenvalue weighted by Gasteiger charge is -2.38. The fraction of sp³-hybridized carbons (Fsp3) is 0.533. The highest BCUT2D eigenvalue weighted by atomic mass is 35.5. The molecule has 21 heavy (non-hydrogen) atoms. The number of likely N-dealkylation sites (tertiary alicyclic amines) is 1. The third-order valence-electron chi connectivity index (χ3n) is 4.63. The van der Waals surface area contributed by atoms with E-state index >= 15 is 0 Å². The van der Waals surface area contributed by atoms with Gasteiger partial charge >= 0.3 is 0 Å². The molecule has 1 spiro atoms. The minimum atomic E-state index is -1.04. The average molecular weight is 317 g/mol. The first-order valence-electron chi connectivity index (χ1n) is 7.05. The van der Waals surface area contributed by atoms with Crippen LogP contribution in [-0.4, -0.2) is 37.0 Å². The van der Waals surface area contributed by atoms with Crippen LogP contribution in [0.2, 0.25) is 0 Å². The normalized spacial score (nSPS) is 20.4. The molecular formula is C15H19ClF2N2O. The molecule has 3 nitrogen and oxygen atoms in total. The van der Waals surface area contributed by atoms with Crippen molar-refractivity contribution in [1.82, 2.24) is 10.2 Å². The zero-order valence-electron chi connectivity index (χ0n) is 11.7. The highest BCUT2D eigenvalue weighted by Gasteiger charge is 2.38. The van der Waals surface area contributed by atoms with Crippen LogP contribution in [0.1, 0.15) is 29.6 Å². The fourth-order valence-electron chi connectivity index (χ4n) is 3.25. The summed E-state index contributed by atoms with van der Waals surface area (Å²) in [5.41, 5.74) is 0.141. The largest absolute Gasteiger partial charge is 0.339 e. The molecule has 116 valence electrons. The summed E-state index contributed by atoms with van der Waals surface area (Å²) < 4.78 is 26.9. The first kappa shape index (κ1) is 16.2. The highest BCUT2D eigenvalue weighted by molar-refractivity contribution is 5.94. The molecule has 1 N–H and O–H groups in total. The highest BCUT2D eigenvalue weighted by Crippen LogP contribution is 2.37. The van der Waals surface area contributed by atoms with Crippen molar-refractivity contribution in [3.63, 3.8) is 0 Å². The van der Waals surface area contributed by atoms with Crippen LogP contribution < -0.4 is 5.32 Å². The van der Waals surface area contributed by atoms with Gasteiger partial charge in [-0.05, 0) is 43.4 Å². The Bertz CT molecular complexity index is 522. The lowest BCUT2D eigenvalue weighted by atomic mass is 9.78. The molecule has 1 aromatic carbocycles. The Hall–Kier alpha value is -1.20. The quantitative estimate of drug-likeness (QED) is 0.864. The zero-order valence-corrected chi connectivity index (χ0v) is 12.5. The Morgan fingerprint density at radius 2 is 1.90 bits per heavy atom. The summed E-state index contributed by atoms with van der Waals surface area (Å²) in [5, 5.41) is 3.36. The number of amides is 1. The predicted molar refractivity (Wildman–Crippen MR) is 78.7 cm³/mol. The van der Waals surface area contributed by atoms with E-state index in [1.165, 1.54) is 12.1 Å². The SMILES string of the molecule is Cl.O=C(c1cccc(F)c1F)N1CCC2(CCNC2)CC1. The summed E-state index contributed by atoms with van der Waals surface area (Å²) in [6.45, 7) is 3.28. The maximum absolute atomic E-state index is 13.7. The first-order chi connectivity index (χ1) is 9.61. The molecule has 1 amide bonds. The molecule has 2 aliphatic heterocycles. The summed E-state index contributed by atoms with van der Waals surface area (Å²) in [6.07, 6.45) is 3.01. The van der Waals surface area contributed by atoms with E-state index in [2.05, 4.69) is 5.32 Å². The van der Waals surface area contributed by atoms with Crippen molar-refractivity contribution in [3.8, 4) is 0 Å². The minimum Gasteiger partial charge on any atom is -0.339 e. The average Bonchev–Trinajstić information content (AvgIpc) is 2.90.